The fraction of sp³-hybridized carbons (Fsp3) is 0.526. The molecular weight excluding hydrogens is 405 g/mol. The van der Waals surface area contributed by atoms with E-state index >= 15 is 0 Å². The van der Waals surface area contributed by atoms with Crippen LogP contribution in [0.2, 0.25) is 23.0 Å². The van der Waals surface area contributed by atoms with Gasteiger partial charge in [-0.3, -0.25) is 0 Å². The number of nitrogens with one attached hydrogen (secondary N) is 1. The number of hydrogen-bond donors (Lipinski definition) is 2. The quantitative estimate of drug-likeness (QED) is 0.631. The van der Waals surface area contributed by atoms with Crippen molar-refractivity contribution in [2.75, 3.05) is 6.61 Å². The molecule has 0 aromatic heterocycles. The molecule has 1 atom stereocenters. The van der Waals surface area contributed by atoms with Crippen molar-refractivity contribution in [3.8, 4) is 0 Å². The van der Waals surface area contributed by atoms with Crippen molar-refractivity contribution < 1.29 is 18.2 Å². The average molecular weight is 441 g/mol. The summed E-state index contributed by atoms with van der Waals surface area (Å²) in [7, 11) is 0. The zero-order valence-corrected chi connectivity index (χ0v) is 20.9. The maximum atomic E-state index is 10.1. The van der Waals surface area contributed by atoms with Crippen molar-refractivity contribution in [2.45, 2.75) is 53.6 Å². The van der Waals surface area contributed by atoms with Crippen molar-refractivity contribution in [1.29, 1.82) is 0 Å². The number of rotatable bonds is 5. The molecule has 1 aromatic carbocycles. The third-order valence-electron chi connectivity index (χ3n) is 6.67. The summed E-state index contributed by atoms with van der Waals surface area (Å²) in [4.78, 5) is 5.12. The van der Waals surface area contributed by atoms with Crippen LogP contribution in [0.3, 0.4) is 0 Å². The number of hydrogen-bond acceptors (Lipinski definition) is 2. The van der Waals surface area contributed by atoms with Crippen LogP contribution in [0.15, 0.2) is 30.3 Å². The van der Waals surface area contributed by atoms with Crippen LogP contribution in [0.5, 0.6) is 0 Å². The fourth-order valence-corrected chi connectivity index (χ4v) is 27.0. The van der Waals surface area contributed by atoms with E-state index in [0.29, 0.717) is 4.22 Å². The Labute approximate surface area is 165 Å². The third kappa shape index (κ3) is 4.08. The SMILES string of the molecule is Cl.Cl.[CH2]=[Ti]([CH3])([CH2]CO)([NH]C(C)(C)C)([CH]1C=Cc2ccccc21)[SiH](C)C. The minimum absolute atomic E-state index is 0. The molecule has 0 spiro atoms. The van der Waals surface area contributed by atoms with Crippen molar-refractivity contribution in [2.24, 2.45) is 0 Å². The summed E-state index contributed by atoms with van der Waals surface area (Å²) in [6.07, 6.45) is 4.64. The van der Waals surface area contributed by atoms with Crippen molar-refractivity contribution in [1.82, 2.24) is 3.80 Å². The summed E-state index contributed by atoms with van der Waals surface area (Å²) in [5.41, 5.74) is 2.71. The fourth-order valence-electron chi connectivity index (χ4n) is 4.93. The first-order valence-corrected chi connectivity index (χ1v) is 19.9. The molecule has 2 rings (SSSR count). The van der Waals surface area contributed by atoms with Crippen LogP contribution in [-0.4, -0.2) is 28.7 Å². The first kappa shape index (κ1) is 25.3. The molecule has 0 aliphatic heterocycles. The molecule has 1 aliphatic rings. The van der Waals surface area contributed by atoms with E-state index in [1.165, 1.54) is 11.1 Å². The van der Waals surface area contributed by atoms with E-state index in [2.05, 4.69) is 79.3 Å². The Morgan fingerprint density at radius 1 is 1.20 bits per heavy atom. The van der Waals surface area contributed by atoms with Crippen molar-refractivity contribution in [3.05, 3.63) is 41.5 Å². The first-order chi connectivity index (χ1) is 10.4. The topological polar surface area (TPSA) is 32.3 Å². The molecular formula is C19H36Cl2NOSiTi. The van der Waals surface area contributed by atoms with Gasteiger partial charge in [0.25, 0.3) is 0 Å². The van der Waals surface area contributed by atoms with E-state index in [1.807, 2.05) is 0 Å². The standard InChI is InChI=1S/C9H7.C4H10N.C2H5O.C2H7Si.CH3.CH2.2ClH.Ti/c1-2-5-9-7-3-6-8(9)4-1;1-4(2,3)5;1-2-3;1-3-2;;;;;/h1-7H;5H,1-3H3;3H,1-2H2;3H,1-2H3;1H3;1H2;2*1H;/q;-1;;;;;;;+1. The van der Waals surface area contributed by atoms with Crippen molar-refractivity contribution in [3.63, 3.8) is 0 Å². The molecule has 1 unspecified atom stereocenters. The van der Waals surface area contributed by atoms with Crippen LogP contribution in [0, 0.1) is 0 Å². The molecule has 0 amide bonds. The van der Waals surface area contributed by atoms with E-state index < -0.39 is 19.7 Å². The summed E-state index contributed by atoms with van der Waals surface area (Å²) < 4.78 is 5.29. The summed E-state index contributed by atoms with van der Waals surface area (Å²) in [5, 5.41) is 12.5. The van der Waals surface area contributed by atoms with Gasteiger partial charge in [0, 0.05) is 0 Å². The van der Waals surface area contributed by atoms with Crippen LogP contribution in [0.4, 0.5) is 0 Å². The molecule has 0 fully saturated rings. The average Bonchev–Trinajstić information content (AvgIpc) is 2.81. The van der Waals surface area contributed by atoms with Gasteiger partial charge in [0.2, 0.25) is 0 Å². The Hall–Kier alpha value is 0.261. The summed E-state index contributed by atoms with van der Waals surface area (Å²) in [5.74, 6) is 0. The maximum absolute atomic E-state index is 10.1. The van der Waals surface area contributed by atoms with Gasteiger partial charge in [0.1, 0.15) is 0 Å². The molecule has 145 valence electrons. The van der Waals surface area contributed by atoms with Crippen LogP contribution in [0.25, 0.3) is 6.08 Å². The van der Waals surface area contributed by atoms with Gasteiger partial charge in [-0.15, -0.1) is 24.8 Å². The Morgan fingerprint density at radius 2 is 1.76 bits per heavy atom. The van der Waals surface area contributed by atoms with E-state index in [-0.39, 0.29) is 37.0 Å². The van der Waals surface area contributed by atoms with E-state index in [9.17, 15) is 5.11 Å². The van der Waals surface area contributed by atoms with Gasteiger partial charge in [0.15, 0.2) is 0 Å². The van der Waals surface area contributed by atoms with Gasteiger partial charge >= 0.3 is 141 Å². The van der Waals surface area contributed by atoms with Gasteiger partial charge in [-0.05, 0) is 0 Å². The molecule has 0 heterocycles. The monoisotopic (exact) mass is 440 g/mol. The molecule has 0 bridgehead atoms. The Balaban J connectivity index is 0.00000288. The molecule has 2 nitrogen and oxygen atoms in total. The minimum atomic E-state index is -4.02. The van der Waals surface area contributed by atoms with Gasteiger partial charge in [-0.2, -0.15) is 0 Å². The van der Waals surface area contributed by atoms with Crippen molar-refractivity contribution >= 4 is 42.4 Å². The van der Waals surface area contributed by atoms with Gasteiger partial charge < -0.3 is 0 Å². The Morgan fingerprint density at radius 3 is 2.24 bits per heavy atom. The van der Waals surface area contributed by atoms with Crippen LogP contribution >= 0.6 is 24.8 Å². The van der Waals surface area contributed by atoms with Crippen LogP contribution in [0.1, 0.15) is 36.1 Å². The van der Waals surface area contributed by atoms with E-state index in [0.717, 1.165) is 4.73 Å². The number of halogens is 2. The van der Waals surface area contributed by atoms with E-state index in [4.69, 9.17) is 4.82 Å². The first-order valence-electron chi connectivity index (χ1n) is 8.83. The zero-order chi connectivity index (χ0) is 17.6. The second-order valence-electron chi connectivity index (χ2n) is 9.88. The molecule has 1 aliphatic carbocycles. The number of aliphatic hydroxyl groups excluding tert-OH is 1. The van der Waals surface area contributed by atoms with Gasteiger partial charge in [-0.25, -0.2) is 0 Å². The molecule has 1 aromatic rings. The summed E-state index contributed by atoms with van der Waals surface area (Å²) in [6, 6.07) is 8.70. The number of benzene rings is 1. The van der Waals surface area contributed by atoms with Gasteiger partial charge in [0.05, 0.1) is 0 Å². The predicted octanol–water partition coefficient (Wildman–Crippen LogP) is 5.00. The normalized spacial score (nSPS) is 19.4. The number of allylic oxidation sites excluding steroid dienone is 1. The summed E-state index contributed by atoms with van der Waals surface area (Å²) >= 11 is -4.02. The summed E-state index contributed by atoms with van der Waals surface area (Å²) in [6.45, 7) is 10.6. The van der Waals surface area contributed by atoms with Gasteiger partial charge in [-0.1, -0.05) is 0 Å². The molecule has 0 saturated carbocycles. The van der Waals surface area contributed by atoms with Crippen LogP contribution < -0.4 is 3.80 Å². The third-order valence-corrected chi connectivity index (χ3v) is 42.6. The molecule has 0 saturated heterocycles. The second kappa shape index (κ2) is 7.35. The number of fused-ring (bicyclic) bond motifs is 1. The molecule has 25 heavy (non-hydrogen) atoms. The zero-order valence-electron chi connectivity index (χ0n) is 16.5. The Bertz CT molecular complexity index is 741. The number of aliphatic hydroxyl groups is 1. The second-order valence-corrected chi connectivity index (χ2v) is 38.7. The predicted molar refractivity (Wildman–Crippen MR) is 119 cm³/mol. The van der Waals surface area contributed by atoms with E-state index in [1.54, 1.807) is 0 Å². The molecule has 2 N–H and O–H groups in total. The molecule has 0 radical (unpaired) electrons. The molecule has 6 heteroatoms. The Kier molecular flexibility index (Phi) is 7.43. The van der Waals surface area contributed by atoms with Crippen LogP contribution in [-0.2, 0) is 13.1 Å².